The first kappa shape index (κ1) is 14.0. The Balaban J connectivity index is 1.72. The first-order valence-corrected chi connectivity index (χ1v) is 7.50. The minimum Gasteiger partial charge on any atom is -0.496 e. The van der Waals surface area contributed by atoms with E-state index in [1.54, 1.807) is 7.11 Å². The van der Waals surface area contributed by atoms with E-state index in [1.165, 1.54) is 12.8 Å². The van der Waals surface area contributed by atoms with Crippen LogP contribution in [0.2, 0.25) is 0 Å². The number of rotatable bonds is 4. The number of hydrogen-bond donors (Lipinski definition) is 1. The lowest BCUT2D eigenvalue weighted by molar-refractivity contribution is 0.410. The van der Waals surface area contributed by atoms with Crippen LogP contribution in [0.4, 0.5) is 0 Å². The Morgan fingerprint density at radius 2 is 2.14 bits per heavy atom. The molecule has 0 bridgehead atoms. The fourth-order valence-electron chi connectivity index (χ4n) is 2.82. The van der Waals surface area contributed by atoms with Crippen molar-refractivity contribution in [2.24, 2.45) is 0 Å². The maximum atomic E-state index is 5.38. The van der Waals surface area contributed by atoms with Crippen molar-refractivity contribution in [1.29, 1.82) is 0 Å². The molecule has 1 aliphatic rings. The Labute approximate surface area is 125 Å². The lowest BCUT2D eigenvalue weighted by Gasteiger charge is -2.21. The van der Waals surface area contributed by atoms with E-state index in [0.717, 1.165) is 42.2 Å². The van der Waals surface area contributed by atoms with Gasteiger partial charge in [-0.3, -0.25) is 9.97 Å². The standard InChI is InChI=1S/C17H21N3O/c1-21-17-7-3-2-5-13(17)9-15-11-20-16(12-19-15)14-6-4-8-18-10-14/h2-3,5,7,11-12,14,18H,4,6,8-10H2,1H3/t14-/m0/s1. The summed E-state index contributed by atoms with van der Waals surface area (Å²) in [5.41, 5.74) is 3.22. The predicted molar refractivity (Wildman–Crippen MR) is 82.7 cm³/mol. The van der Waals surface area contributed by atoms with E-state index in [4.69, 9.17) is 4.74 Å². The van der Waals surface area contributed by atoms with E-state index >= 15 is 0 Å². The van der Waals surface area contributed by atoms with E-state index in [-0.39, 0.29) is 0 Å². The van der Waals surface area contributed by atoms with E-state index < -0.39 is 0 Å². The van der Waals surface area contributed by atoms with Crippen LogP contribution in [0.5, 0.6) is 5.75 Å². The van der Waals surface area contributed by atoms with Crippen molar-refractivity contribution >= 4 is 0 Å². The fourth-order valence-corrected chi connectivity index (χ4v) is 2.82. The van der Waals surface area contributed by atoms with Gasteiger partial charge in [-0.25, -0.2) is 0 Å². The number of para-hydroxylation sites is 1. The summed E-state index contributed by atoms with van der Waals surface area (Å²) < 4.78 is 5.38. The number of hydrogen-bond acceptors (Lipinski definition) is 4. The smallest absolute Gasteiger partial charge is 0.122 e. The molecular weight excluding hydrogens is 262 g/mol. The molecule has 21 heavy (non-hydrogen) atoms. The van der Waals surface area contributed by atoms with Crippen molar-refractivity contribution in [3.8, 4) is 5.75 Å². The zero-order valence-electron chi connectivity index (χ0n) is 12.4. The first-order chi connectivity index (χ1) is 10.4. The minimum atomic E-state index is 0.506. The summed E-state index contributed by atoms with van der Waals surface area (Å²) in [6.45, 7) is 2.14. The Bertz CT molecular complexity index is 577. The molecule has 1 atom stereocenters. The van der Waals surface area contributed by atoms with Crippen LogP contribution in [0, 0.1) is 0 Å². The molecule has 0 aliphatic carbocycles. The van der Waals surface area contributed by atoms with Gasteiger partial charge in [0.2, 0.25) is 0 Å². The Hall–Kier alpha value is -1.94. The first-order valence-electron chi connectivity index (χ1n) is 7.50. The van der Waals surface area contributed by atoms with Crippen molar-refractivity contribution in [3.63, 3.8) is 0 Å². The average molecular weight is 283 g/mol. The molecule has 0 unspecified atom stereocenters. The zero-order valence-corrected chi connectivity index (χ0v) is 12.4. The number of methoxy groups -OCH3 is 1. The highest BCUT2D eigenvalue weighted by Crippen LogP contribution is 2.22. The molecule has 1 aromatic heterocycles. The molecule has 1 saturated heterocycles. The molecule has 0 amide bonds. The lowest BCUT2D eigenvalue weighted by atomic mass is 9.96. The van der Waals surface area contributed by atoms with Gasteiger partial charge in [-0.1, -0.05) is 18.2 Å². The van der Waals surface area contributed by atoms with Crippen molar-refractivity contribution in [2.75, 3.05) is 20.2 Å². The molecule has 2 aromatic rings. The topological polar surface area (TPSA) is 47.0 Å². The number of benzene rings is 1. The fraction of sp³-hybridized carbons (Fsp3) is 0.412. The zero-order chi connectivity index (χ0) is 14.5. The molecule has 1 aromatic carbocycles. The van der Waals surface area contributed by atoms with Gasteiger partial charge in [-0.2, -0.15) is 0 Å². The maximum Gasteiger partial charge on any atom is 0.122 e. The highest BCUT2D eigenvalue weighted by molar-refractivity contribution is 5.35. The number of ether oxygens (including phenoxy) is 1. The molecule has 2 heterocycles. The summed E-state index contributed by atoms with van der Waals surface area (Å²) in [5, 5.41) is 3.42. The SMILES string of the molecule is COc1ccccc1Cc1cnc([C@H]2CCCNC2)cn1. The molecule has 110 valence electrons. The summed E-state index contributed by atoms with van der Waals surface area (Å²) in [6.07, 6.45) is 7.00. The molecule has 0 saturated carbocycles. The third-order valence-electron chi connectivity index (χ3n) is 4.00. The highest BCUT2D eigenvalue weighted by atomic mass is 16.5. The molecule has 0 spiro atoms. The van der Waals surface area contributed by atoms with Gasteiger partial charge in [0, 0.05) is 36.8 Å². The quantitative estimate of drug-likeness (QED) is 0.936. The Kier molecular flexibility index (Phi) is 4.46. The molecule has 1 fully saturated rings. The van der Waals surface area contributed by atoms with Gasteiger partial charge in [0.15, 0.2) is 0 Å². The molecule has 4 heteroatoms. The molecule has 3 rings (SSSR count). The average Bonchev–Trinajstić information content (AvgIpc) is 2.57. The number of aromatic nitrogens is 2. The van der Waals surface area contributed by atoms with Crippen LogP contribution in [0.3, 0.4) is 0 Å². The minimum absolute atomic E-state index is 0.506. The maximum absolute atomic E-state index is 5.38. The second-order valence-electron chi connectivity index (χ2n) is 5.46. The third-order valence-corrected chi connectivity index (χ3v) is 4.00. The van der Waals surface area contributed by atoms with Crippen molar-refractivity contribution in [1.82, 2.24) is 15.3 Å². The molecule has 1 N–H and O–H groups in total. The monoisotopic (exact) mass is 283 g/mol. The van der Waals surface area contributed by atoms with Crippen molar-refractivity contribution < 1.29 is 4.74 Å². The number of nitrogens with zero attached hydrogens (tertiary/aromatic N) is 2. The van der Waals surface area contributed by atoms with Gasteiger partial charge in [0.25, 0.3) is 0 Å². The van der Waals surface area contributed by atoms with Gasteiger partial charge < -0.3 is 10.1 Å². The molecular formula is C17H21N3O. The normalized spacial score (nSPS) is 18.4. The summed E-state index contributed by atoms with van der Waals surface area (Å²) in [7, 11) is 1.70. The van der Waals surface area contributed by atoms with Gasteiger partial charge in [0.05, 0.1) is 18.5 Å². The number of piperidine rings is 1. The van der Waals surface area contributed by atoms with Gasteiger partial charge in [-0.15, -0.1) is 0 Å². The van der Waals surface area contributed by atoms with Gasteiger partial charge >= 0.3 is 0 Å². The van der Waals surface area contributed by atoms with Crippen LogP contribution in [0.25, 0.3) is 0 Å². The van der Waals surface area contributed by atoms with Gasteiger partial charge in [0.1, 0.15) is 5.75 Å². The van der Waals surface area contributed by atoms with Crippen LogP contribution in [-0.2, 0) is 6.42 Å². The Morgan fingerprint density at radius 1 is 1.24 bits per heavy atom. The third kappa shape index (κ3) is 3.39. The second kappa shape index (κ2) is 6.68. The van der Waals surface area contributed by atoms with Crippen LogP contribution >= 0.6 is 0 Å². The van der Waals surface area contributed by atoms with E-state index in [0.29, 0.717) is 5.92 Å². The second-order valence-corrected chi connectivity index (χ2v) is 5.46. The van der Waals surface area contributed by atoms with Crippen molar-refractivity contribution in [2.45, 2.75) is 25.2 Å². The van der Waals surface area contributed by atoms with E-state index in [1.807, 2.05) is 30.6 Å². The summed E-state index contributed by atoms with van der Waals surface area (Å²) in [6, 6.07) is 8.05. The summed E-state index contributed by atoms with van der Waals surface area (Å²) in [5.74, 6) is 1.41. The largest absolute Gasteiger partial charge is 0.496 e. The highest BCUT2D eigenvalue weighted by Gasteiger charge is 2.16. The van der Waals surface area contributed by atoms with Crippen LogP contribution in [-0.4, -0.2) is 30.2 Å². The van der Waals surface area contributed by atoms with Crippen LogP contribution in [0.15, 0.2) is 36.7 Å². The van der Waals surface area contributed by atoms with Crippen molar-refractivity contribution in [3.05, 3.63) is 53.6 Å². The van der Waals surface area contributed by atoms with E-state index in [2.05, 4.69) is 21.4 Å². The van der Waals surface area contributed by atoms with Crippen LogP contribution < -0.4 is 10.1 Å². The predicted octanol–water partition coefficient (Wildman–Crippen LogP) is 2.54. The summed E-state index contributed by atoms with van der Waals surface area (Å²) in [4.78, 5) is 9.19. The van der Waals surface area contributed by atoms with Crippen LogP contribution in [0.1, 0.15) is 35.7 Å². The molecule has 4 nitrogen and oxygen atoms in total. The molecule has 1 aliphatic heterocycles. The summed E-state index contributed by atoms with van der Waals surface area (Å²) >= 11 is 0. The molecule has 0 radical (unpaired) electrons. The Morgan fingerprint density at radius 3 is 2.86 bits per heavy atom. The van der Waals surface area contributed by atoms with Gasteiger partial charge in [-0.05, 0) is 25.5 Å². The number of nitrogens with one attached hydrogen (secondary N) is 1. The lowest BCUT2D eigenvalue weighted by Crippen LogP contribution is -2.28. The van der Waals surface area contributed by atoms with E-state index in [9.17, 15) is 0 Å².